The molecule has 2 heterocycles. The Kier molecular flexibility index (Phi) is 23.6. The van der Waals surface area contributed by atoms with Crippen LogP contribution >= 0.6 is 0 Å². The number of benzene rings is 2. The molecule has 0 aliphatic carbocycles. The molecule has 1 saturated heterocycles. The van der Waals surface area contributed by atoms with Crippen LogP contribution in [0.2, 0.25) is 0 Å². The number of nitrogens with one attached hydrogen (secondary N) is 13. The zero-order valence-corrected chi connectivity index (χ0v) is 42.5. The topological polar surface area (TPSA) is 459 Å². The van der Waals surface area contributed by atoms with Crippen molar-refractivity contribution in [1.82, 2.24) is 58.2 Å². The molecule has 1 fully saturated rings. The predicted octanol–water partition coefficient (Wildman–Crippen LogP) is -3.64. The Morgan fingerprint density at radius 1 is 0.731 bits per heavy atom. The number of amides is 10. The number of carbonyl (C=O) groups is 10. The van der Waals surface area contributed by atoms with Gasteiger partial charge >= 0.3 is 0 Å². The molecule has 4 rings (SSSR count). The van der Waals surface area contributed by atoms with Gasteiger partial charge < -0.3 is 81.1 Å². The summed E-state index contributed by atoms with van der Waals surface area (Å²) >= 11 is 0. The highest BCUT2D eigenvalue weighted by molar-refractivity contribution is 5.99. The number of guanidine groups is 2. The zero-order chi connectivity index (χ0) is 57.6. The molecule has 2 aromatic carbocycles. The van der Waals surface area contributed by atoms with E-state index in [0.717, 1.165) is 6.92 Å². The summed E-state index contributed by atoms with van der Waals surface area (Å²) < 4.78 is 43.5. The zero-order valence-electron chi connectivity index (χ0n) is 42.5. The van der Waals surface area contributed by atoms with E-state index in [4.69, 9.17) is 33.8 Å². The van der Waals surface area contributed by atoms with Gasteiger partial charge in [-0.2, -0.15) is 0 Å². The SMILES string of the molecule is CC(=O)N[C@@H](CCCNC(=N)N)C(=O)N[C@H]1CCC(=O)NCCC[C@@H](C(N)=O)NC(=O)[C@H](Cc2c[nH]c3ccccc23)NC(=O)[C@H](CCCNC(=N)N)NC(=O)[C@@H](Cc2cc(F)c(F)c(F)c2)NC(=O)[C@H](CC(N)=O)NC1=O. The number of halogens is 3. The molecule has 7 atom stereocenters. The van der Waals surface area contributed by atoms with Gasteiger partial charge in [0.15, 0.2) is 29.4 Å². The highest BCUT2D eigenvalue weighted by Gasteiger charge is 2.35. The average Bonchev–Trinajstić information content (AvgIpc) is 3.77. The number of nitrogens with two attached hydrogens (primary N) is 4. The van der Waals surface area contributed by atoms with E-state index < -0.39 is 156 Å². The molecule has 1 aromatic heterocycles. The fraction of sp³-hybridized carbons (Fsp3) is 0.458. The fourth-order valence-electron chi connectivity index (χ4n) is 8.24. The predicted molar refractivity (Wildman–Crippen MR) is 274 cm³/mol. The highest BCUT2D eigenvalue weighted by Crippen LogP contribution is 2.20. The van der Waals surface area contributed by atoms with Crippen LogP contribution in [0.3, 0.4) is 0 Å². The standard InChI is InChI=1S/C48H66F3N17O10/c1-23(69)62-31(10-5-15-59-47(54)55)41(73)65-33-12-13-38(71)58-14-4-9-30(40(53)72)63-45(77)35(20-25-22-61-29-8-3-2-7-26(25)29)67-42(74)32(11-6-16-60-48(56)57)64-44(76)34(19-24-17-27(49)39(51)28(50)18-24)66-46(78)36(21-37(52)70)68-43(33)75/h2-3,7-8,17-18,22,30-36,61H,4-6,9-16,19-21H2,1H3,(H2,52,70)(H2,53,72)(H,58,71)(H,62,69)(H,63,77)(H,64,76)(H,65,73)(H,66,78)(H,67,74)(H,68,75)(H4,54,55,59)(H4,56,57,60)/t30-,31-,32-,33-,34+,35-,36-/m0/s1. The Bertz CT molecular complexity index is 2700. The van der Waals surface area contributed by atoms with Crippen LogP contribution in [0.4, 0.5) is 13.2 Å². The van der Waals surface area contributed by atoms with Crippen LogP contribution in [-0.4, -0.2) is 138 Å². The molecular weight excluding hydrogens is 1030 g/mol. The summed E-state index contributed by atoms with van der Waals surface area (Å²) in [5, 5.41) is 40.3. The molecule has 0 bridgehead atoms. The van der Waals surface area contributed by atoms with Gasteiger partial charge in [-0.1, -0.05) is 18.2 Å². The number of primary amides is 2. The van der Waals surface area contributed by atoms with Crippen LogP contribution in [0.1, 0.15) is 75.8 Å². The smallest absolute Gasteiger partial charge is 0.243 e. The normalized spacial score (nSPS) is 20.7. The van der Waals surface area contributed by atoms with E-state index >= 15 is 0 Å². The highest BCUT2D eigenvalue weighted by atomic mass is 19.2. The first-order valence-corrected chi connectivity index (χ1v) is 24.7. The van der Waals surface area contributed by atoms with Crippen molar-refractivity contribution in [2.24, 2.45) is 22.9 Å². The maximum Gasteiger partial charge on any atom is 0.243 e. The number of rotatable bonds is 18. The van der Waals surface area contributed by atoms with Crippen LogP contribution in [0.25, 0.3) is 10.9 Å². The van der Waals surface area contributed by atoms with E-state index in [1.54, 1.807) is 30.5 Å². The quantitative estimate of drug-likeness (QED) is 0.0253. The molecule has 21 N–H and O–H groups in total. The van der Waals surface area contributed by atoms with Gasteiger partial charge in [-0.15, -0.1) is 0 Å². The number of H-pyrrole nitrogens is 1. The van der Waals surface area contributed by atoms with Crippen molar-refractivity contribution in [2.75, 3.05) is 19.6 Å². The first-order valence-electron chi connectivity index (χ1n) is 24.7. The Morgan fingerprint density at radius 3 is 1.94 bits per heavy atom. The van der Waals surface area contributed by atoms with Gasteiger partial charge in [0.25, 0.3) is 0 Å². The Morgan fingerprint density at radius 2 is 1.31 bits per heavy atom. The van der Waals surface area contributed by atoms with Crippen molar-refractivity contribution in [3.05, 3.63) is 71.2 Å². The van der Waals surface area contributed by atoms with Crippen molar-refractivity contribution in [1.29, 1.82) is 10.8 Å². The molecule has 0 saturated carbocycles. The summed E-state index contributed by atoms with van der Waals surface area (Å²) in [6.07, 6.45) is -1.73. The van der Waals surface area contributed by atoms with Crippen LogP contribution in [0.15, 0.2) is 42.6 Å². The summed E-state index contributed by atoms with van der Waals surface area (Å²) in [6.45, 7) is 1.06. The summed E-state index contributed by atoms with van der Waals surface area (Å²) in [7, 11) is 0. The van der Waals surface area contributed by atoms with Gasteiger partial charge in [0.2, 0.25) is 59.1 Å². The monoisotopic (exact) mass is 1100 g/mol. The second-order valence-corrected chi connectivity index (χ2v) is 18.3. The number of aromatic nitrogens is 1. The van der Waals surface area contributed by atoms with Crippen LogP contribution in [0.5, 0.6) is 0 Å². The molecule has 424 valence electrons. The molecule has 0 unspecified atom stereocenters. The number of hydrogen-bond donors (Lipinski definition) is 17. The molecular formula is C48H66F3N17O10. The molecule has 78 heavy (non-hydrogen) atoms. The van der Waals surface area contributed by atoms with Crippen LogP contribution in [0, 0.1) is 28.3 Å². The average molecular weight is 1100 g/mol. The number of carbonyl (C=O) groups excluding carboxylic acids is 10. The molecule has 30 heteroatoms. The van der Waals surface area contributed by atoms with Crippen molar-refractivity contribution in [2.45, 2.75) is 120 Å². The first-order chi connectivity index (χ1) is 36.9. The Hall–Kier alpha value is -8.99. The van der Waals surface area contributed by atoms with Crippen molar-refractivity contribution >= 4 is 81.9 Å². The molecule has 1 aliphatic rings. The number of para-hydroxylation sites is 1. The van der Waals surface area contributed by atoms with Gasteiger partial charge in [-0.05, 0) is 74.3 Å². The second-order valence-electron chi connectivity index (χ2n) is 18.3. The summed E-state index contributed by atoms with van der Waals surface area (Å²) in [4.78, 5) is 139. The van der Waals surface area contributed by atoms with Gasteiger partial charge in [0.1, 0.15) is 42.3 Å². The lowest BCUT2D eigenvalue weighted by Crippen LogP contribution is -2.61. The van der Waals surface area contributed by atoms with E-state index in [2.05, 4.69) is 58.2 Å². The minimum Gasteiger partial charge on any atom is -0.370 e. The van der Waals surface area contributed by atoms with Gasteiger partial charge in [-0.25, -0.2) is 13.2 Å². The molecule has 0 spiro atoms. The molecule has 0 radical (unpaired) electrons. The van der Waals surface area contributed by atoms with E-state index in [-0.39, 0.29) is 70.5 Å². The van der Waals surface area contributed by atoms with E-state index in [9.17, 15) is 61.1 Å². The van der Waals surface area contributed by atoms with Gasteiger partial charge in [0.05, 0.1) is 6.42 Å². The number of aromatic amines is 1. The number of fused-ring (bicyclic) bond motifs is 1. The molecule has 1 aliphatic heterocycles. The third-order valence-corrected chi connectivity index (χ3v) is 12.1. The van der Waals surface area contributed by atoms with Crippen LogP contribution in [-0.2, 0) is 60.8 Å². The lowest BCUT2D eigenvalue weighted by Gasteiger charge is -2.28. The Balaban J connectivity index is 1.81. The summed E-state index contributed by atoms with van der Waals surface area (Å²) in [6, 6.07) is -3.48. The third-order valence-electron chi connectivity index (χ3n) is 12.1. The van der Waals surface area contributed by atoms with E-state index in [1.807, 2.05) is 0 Å². The number of hydrogen-bond acceptors (Lipinski definition) is 12. The van der Waals surface area contributed by atoms with E-state index in [1.165, 1.54) is 0 Å². The third kappa shape index (κ3) is 19.9. The van der Waals surface area contributed by atoms with Crippen LogP contribution < -0.4 is 76.1 Å². The van der Waals surface area contributed by atoms with Crippen molar-refractivity contribution in [3.63, 3.8) is 0 Å². The largest absolute Gasteiger partial charge is 0.370 e. The van der Waals surface area contributed by atoms with Gasteiger partial charge in [0, 0.05) is 62.9 Å². The van der Waals surface area contributed by atoms with E-state index in [0.29, 0.717) is 28.6 Å². The fourth-order valence-corrected chi connectivity index (χ4v) is 8.24. The van der Waals surface area contributed by atoms with Crippen molar-refractivity contribution < 1.29 is 61.1 Å². The maximum absolute atomic E-state index is 14.7. The summed E-state index contributed by atoms with van der Waals surface area (Å²) in [5.41, 5.74) is 22.8. The molecule has 10 amide bonds. The molecule has 3 aromatic rings. The molecule has 27 nitrogen and oxygen atoms in total. The van der Waals surface area contributed by atoms with Gasteiger partial charge in [-0.3, -0.25) is 58.8 Å². The lowest BCUT2D eigenvalue weighted by molar-refractivity contribution is -0.136. The van der Waals surface area contributed by atoms with Crippen molar-refractivity contribution in [3.8, 4) is 0 Å². The Labute approximate surface area is 444 Å². The maximum atomic E-state index is 14.7. The minimum absolute atomic E-state index is 0.00396. The minimum atomic E-state index is -2.00. The second kappa shape index (κ2) is 29.9. The lowest BCUT2D eigenvalue weighted by atomic mass is 10.0. The summed E-state index contributed by atoms with van der Waals surface area (Å²) in [5.74, 6) is -16.2. The first kappa shape index (κ1) is 61.6.